The number of hydrogen-bond acceptors (Lipinski definition) is 9. The van der Waals surface area contributed by atoms with E-state index in [4.69, 9.17) is 15.6 Å². The Morgan fingerprint density at radius 1 is 0.750 bits per heavy atom. The number of esters is 2. The highest BCUT2D eigenvalue weighted by molar-refractivity contribution is 7.98. The highest BCUT2D eigenvalue weighted by Gasteiger charge is 2.45. The number of carbonyl (C=O) groups excluding carboxylic acids is 3. The second-order valence-electron chi connectivity index (χ2n) is 13.8. The van der Waals surface area contributed by atoms with Crippen LogP contribution in [0.4, 0.5) is 0 Å². The minimum Gasteiger partial charge on any atom is -0.481 e. The summed E-state index contributed by atoms with van der Waals surface area (Å²) >= 11 is 3.60. The van der Waals surface area contributed by atoms with Gasteiger partial charge >= 0.3 is 17.9 Å². The fourth-order valence-electron chi connectivity index (χ4n) is 6.30. The van der Waals surface area contributed by atoms with Crippen LogP contribution in [0.1, 0.15) is 86.5 Å². The lowest BCUT2D eigenvalue weighted by atomic mass is 9.65. The van der Waals surface area contributed by atoms with Crippen LogP contribution in [-0.4, -0.2) is 79.2 Å². The van der Waals surface area contributed by atoms with Gasteiger partial charge in [-0.1, -0.05) is 72.5 Å². The Balaban J connectivity index is 0.000000424. The summed E-state index contributed by atoms with van der Waals surface area (Å²) in [6, 6.07) is 14.8. The standard InChI is InChI=1S/C20H29NO3S.C11H15NO2.C9H16O2S.ClH/c1-15-6-8-16(9-7-15)14-17(18(22)24-2)21-19(23)20(10-4-11-20)12-5-13-25-3;1-8-3-5-9(6-4-8)7-10(12)11(13)14-2;1-12-7-3-6-9(8(10)11)4-2-5-9;/h6-9,17H,4-5,10-14H2,1-3H3,(H,21,23);3-6,10H,7,12H2,1-2H3;2-7H2,1H3,(H,10,11);1H. The molecule has 52 heavy (non-hydrogen) atoms. The molecule has 2 saturated carbocycles. The van der Waals surface area contributed by atoms with E-state index in [0.717, 1.165) is 86.8 Å². The van der Waals surface area contributed by atoms with Crippen LogP contribution >= 0.6 is 35.9 Å². The topological polar surface area (TPSA) is 145 Å². The van der Waals surface area contributed by atoms with Crippen molar-refractivity contribution >= 4 is 59.7 Å². The predicted molar refractivity (Wildman–Crippen MR) is 216 cm³/mol. The van der Waals surface area contributed by atoms with Crippen LogP contribution in [0.5, 0.6) is 0 Å². The van der Waals surface area contributed by atoms with Crippen LogP contribution in [-0.2, 0) is 41.5 Å². The first-order chi connectivity index (χ1) is 24.3. The molecule has 4 rings (SSSR count). The molecule has 2 aliphatic rings. The monoisotopic (exact) mass is 780 g/mol. The second-order valence-corrected chi connectivity index (χ2v) is 15.8. The zero-order valence-corrected chi connectivity index (χ0v) is 34.3. The lowest BCUT2D eigenvalue weighted by molar-refractivity contribution is -0.155. The van der Waals surface area contributed by atoms with Crippen molar-refractivity contribution in [3.63, 3.8) is 0 Å². The van der Waals surface area contributed by atoms with Crippen LogP contribution in [0.15, 0.2) is 48.5 Å². The number of hydrogen-bond donors (Lipinski definition) is 3. The summed E-state index contributed by atoms with van der Waals surface area (Å²) in [5, 5.41) is 12.0. The van der Waals surface area contributed by atoms with Gasteiger partial charge in [-0.05, 0) is 107 Å². The number of halogens is 1. The molecule has 9 nitrogen and oxygen atoms in total. The number of carbonyl (C=O) groups is 4. The van der Waals surface area contributed by atoms with E-state index < -0.39 is 18.1 Å². The molecule has 2 unspecified atom stereocenters. The van der Waals surface area contributed by atoms with E-state index in [0.29, 0.717) is 12.8 Å². The molecule has 0 heterocycles. The number of amides is 1. The summed E-state index contributed by atoms with van der Waals surface area (Å²) in [6.45, 7) is 4.04. The van der Waals surface area contributed by atoms with Crippen molar-refractivity contribution in [2.45, 2.75) is 103 Å². The molecule has 0 radical (unpaired) electrons. The molecule has 292 valence electrons. The smallest absolute Gasteiger partial charge is 0.328 e. The SMILES string of the molecule is COC(=O)C(Cc1ccc(C)cc1)NC(=O)C1(CCCSC)CCC1.COC(=O)C(N)Cc1ccc(C)cc1.CSCCCC1(C(=O)O)CCC1.Cl. The van der Waals surface area contributed by atoms with Crippen molar-refractivity contribution in [2.24, 2.45) is 16.6 Å². The van der Waals surface area contributed by atoms with Crippen LogP contribution in [0.2, 0.25) is 0 Å². The number of carboxylic acid groups (broad SMARTS) is 1. The number of aliphatic carboxylic acids is 1. The second kappa shape index (κ2) is 24.6. The number of methoxy groups -OCH3 is 2. The van der Waals surface area contributed by atoms with E-state index in [-0.39, 0.29) is 41.1 Å². The number of aryl methyl sites for hydroxylation is 2. The molecule has 1 amide bonds. The van der Waals surface area contributed by atoms with Crippen molar-refractivity contribution in [3.05, 3.63) is 70.8 Å². The molecule has 0 bridgehead atoms. The van der Waals surface area contributed by atoms with Crippen molar-refractivity contribution in [3.8, 4) is 0 Å². The van der Waals surface area contributed by atoms with Gasteiger partial charge in [0, 0.05) is 11.8 Å². The molecule has 2 aliphatic carbocycles. The maximum atomic E-state index is 12.9. The fraction of sp³-hybridized carbons (Fsp3) is 0.600. The number of thioether (sulfide) groups is 2. The Hall–Kier alpha value is -2.73. The number of nitrogens with one attached hydrogen (secondary N) is 1. The van der Waals surface area contributed by atoms with E-state index in [2.05, 4.69) is 22.6 Å². The van der Waals surface area contributed by atoms with E-state index >= 15 is 0 Å². The van der Waals surface area contributed by atoms with Gasteiger partial charge < -0.3 is 25.6 Å². The van der Waals surface area contributed by atoms with Gasteiger partial charge in [0.25, 0.3) is 0 Å². The third-order valence-electron chi connectivity index (χ3n) is 10.00. The number of benzene rings is 2. The third kappa shape index (κ3) is 15.3. The number of rotatable bonds is 17. The van der Waals surface area contributed by atoms with Gasteiger partial charge in [-0.15, -0.1) is 12.4 Å². The summed E-state index contributed by atoms with van der Waals surface area (Å²) in [5.41, 5.74) is 9.45. The Bertz CT molecular complexity index is 1370. The van der Waals surface area contributed by atoms with Gasteiger partial charge in [0.1, 0.15) is 12.1 Å². The number of carboxylic acids is 1. The molecule has 2 aromatic rings. The van der Waals surface area contributed by atoms with Gasteiger partial charge in [0.15, 0.2) is 0 Å². The summed E-state index contributed by atoms with van der Waals surface area (Å²) in [4.78, 5) is 47.0. The van der Waals surface area contributed by atoms with Gasteiger partial charge in [-0.2, -0.15) is 23.5 Å². The van der Waals surface area contributed by atoms with Crippen molar-refractivity contribution in [2.75, 3.05) is 38.2 Å². The van der Waals surface area contributed by atoms with Crippen LogP contribution in [0, 0.1) is 24.7 Å². The zero-order valence-electron chi connectivity index (χ0n) is 31.9. The first-order valence-electron chi connectivity index (χ1n) is 17.9. The summed E-state index contributed by atoms with van der Waals surface area (Å²) in [7, 11) is 2.71. The minimum absolute atomic E-state index is 0. The molecule has 2 aromatic carbocycles. The normalized spacial score (nSPS) is 15.9. The van der Waals surface area contributed by atoms with Crippen LogP contribution < -0.4 is 11.1 Å². The van der Waals surface area contributed by atoms with Gasteiger partial charge in [-0.25, -0.2) is 4.79 Å². The van der Waals surface area contributed by atoms with Gasteiger partial charge in [-0.3, -0.25) is 14.4 Å². The average Bonchev–Trinajstić information content (AvgIpc) is 3.08. The highest BCUT2D eigenvalue weighted by atomic mass is 35.5. The van der Waals surface area contributed by atoms with E-state index in [9.17, 15) is 19.2 Å². The summed E-state index contributed by atoms with van der Waals surface area (Å²) in [6.07, 6.45) is 14.8. The average molecular weight is 782 g/mol. The maximum absolute atomic E-state index is 12.9. The van der Waals surface area contributed by atoms with Crippen molar-refractivity contribution < 1.29 is 33.8 Å². The van der Waals surface area contributed by atoms with E-state index in [1.807, 2.05) is 74.1 Å². The molecule has 2 atom stereocenters. The zero-order chi connectivity index (χ0) is 37.9. The number of ether oxygens (including phenoxy) is 2. The van der Waals surface area contributed by atoms with Crippen LogP contribution in [0.3, 0.4) is 0 Å². The third-order valence-corrected chi connectivity index (χ3v) is 11.4. The Labute approximate surface area is 326 Å². The van der Waals surface area contributed by atoms with Crippen LogP contribution in [0.25, 0.3) is 0 Å². The number of nitrogens with two attached hydrogens (primary N) is 1. The Morgan fingerprint density at radius 3 is 1.54 bits per heavy atom. The first kappa shape index (κ1) is 47.3. The lowest BCUT2D eigenvalue weighted by Crippen LogP contribution is -2.52. The quantitative estimate of drug-likeness (QED) is 0.110. The predicted octanol–water partition coefficient (Wildman–Crippen LogP) is 7.35. The molecular weight excluding hydrogens is 720 g/mol. The molecule has 4 N–H and O–H groups in total. The van der Waals surface area contributed by atoms with E-state index in [1.165, 1.54) is 25.3 Å². The molecule has 0 saturated heterocycles. The molecule has 0 spiro atoms. The molecular formula is C40H61ClN2O7S2. The van der Waals surface area contributed by atoms with Crippen molar-refractivity contribution in [1.29, 1.82) is 0 Å². The minimum atomic E-state index is -0.627. The summed E-state index contributed by atoms with van der Waals surface area (Å²) in [5.74, 6) is 0.851. The summed E-state index contributed by atoms with van der Waals surface area (Å²) < 4.78 is 9.46. The Morgan fingerprint density at radius 2 is 1.17 bits per heavy atom. The fourth-order valence-corrected chi connectivity index (χ4v) is 7.16. The highest BCUT2D eigenvalue weighted by Crippen LogP contribution is 2.46. The maximum Gasteiger partial charge on any atom is 0.328 e. The molecule has 2 fully saturated rings. The van der Waals surface area contributed by atoms with Gasteiger partial charge in [0.2, 0.25) is 5.91 Å². The van der Waals surface area contributed by atoms with Gasteiger partial charge in [0.05, 0.1) is 19.6 Å². The first-order valence-corrected chi connectivity index (χ1v) is 20.7. The lowest BCUT2D eigenvalue weighted by Gasteiger charge is -2.41. The van der Waals surface area contributed by atoms with Crippen molar-refractivity contribution in [1.82, 2.24) is 5.32 Å². The molecule has 12 heteroatoms. The molecule has 0 aromatic heterocycles. The van der Waals surface area contributed by atoms with E-state index in [1.54, 1.807) is 11.8 Å². The largest absolute Gasteiger partial charge is 0.481 e. The Kier molecular flexibility index (Phi) is 22.3. The molecule has 0 aliphatic heterocycles.